The quantitative estimate of drug-likeness (QED) is 0.416. The van der Waals surface area contributed by atoms with Gasteiger partial charge in [-0.15, -0.1) is 17.8 Å². The molecule has 0 unspecified atom stereocenters. The number of ether oxygens (including phenoxy) is 1. The number of terminal acetylenes is 1. The Bertz CT molecular complexity index is 866. The van der Waals surface area contributed by atoms with Gasteiger partial charge in [-0.1, -0.05) is 48.4 Å². The van der Waals surface area contributed by atoms with Crippen LogP contribution in [-0.2, 0) is 0 Å². The summed E-state index contributed by atoms with van der Waals surface area (Å²) in [6.07, 6.45) is 6.90. The lowest BCUT2D eigenvalue weighted by molar-refractivity contribution is 0.370. The lowest BCUT2D eigenvalue weighted by Crippen LogP contribution is -1.95. The highest BCUT2D eigenvalue weighted by Crippen LogP contribution is 2.24. The molecule has 24 heavy (non-hydrogen) atoms. The first-order valence-electron chi connectivity index (χ1n) is 7.31. The molecule has 0 radical (unpaired) electrons. The highest BCUT2D eigenvalue weighted by molar-refractivity contribution is 7.14. The van der Waals surface area contributed by atoms with Crippen LogP contribution in [-0.4, -0.2) is 17.8 Å². The number of nitrogens with zero attached hydrogens (tertiary/aromatic N) is 2. The van der Waals surface area contributed by atoms with Crippen molar-refractivity contribution in [3.8, 4) is 29.4 Å². The van der Waals surface area contributed by atoms with Gasteiger partial charge >= 0.3 is 0 Å². The van der Waals surface area contributed by atoms with E-state index in [1.165, 1.54) is 11.3 Å². The molecular weight excluding hydrogens is 318 g/mol. The molecule has 2 aromatic carbocycles. The van der Waals surface area contributed by atoms with Gasteiger partial charge in [0.05, 0.1) is 11.9 Å². The number of aromatic nitrogens is 1. The van der Waals surface area contributed by atoms with Crippen LogP contribution < -0.4 is 10.2 Å². The van der Waals surface area contributed by atoms with E-state index < -0.39 is 0 Å². The molecule has 1 aromatic heterocycles. The average molecular weight is 333 g/mol. The van der Waals surface area contributed by atoms with Gasteiger partial charge in [0, 0.05) is 10.9 Å². The zero-order valence-corrected chi connectivity index (χ0v) is 13.7. The minimum absolute atomic E-state index is 0.250. The molecule has 0 aliphatic rings. The Hall–Kier alpha value is -3.10. The Balaban J connectivity index is 1.63. The standard InChI is InChI=1S/C19H15N3OS/c1-2-11-23-17-10-6-7-15(12-17)13-20-22-19-21-18(14-24-19)16-8-4-3-5-9-16/h1,3-10,12-14H,11H2,(H,21,22). The second-order valence-electron chi connectivity index (χ2n) is 4.84. The smallest absolute Gasteiger partial charge is 0.203 e. The van der Waals surface area contributed by atoms with E-state index in [2.05, 4.69) is 21.4 Å². The van der Waals surface area contributed by atoms with Crippen molar-refractivity contribution in [2.24, 2.45) is 5.10 Å². The van der Waals surface area contributed by atoms with E-state index >= 15 is 0 Å². The number of hydrazone groups is 1. The van der Waals surface area contributed by atoms with Gasteiger partial charge in [0.15, 0.2) is 0 Å². The van der Waals surface area contributed by atoms with Crippen molar-refractivity contribution in [3.05, 3.63) is 65.5 Å². The topological polar surface area (TPSA) is 46.5 Å². The zero-order valence-electron chi connectivity index (χ0n) is 12.8. The maximum absolute atomic E-state index is 5.38. The maximum Gasteiger partial charge on any atom is 0.203 e. The summed E-state index contributed by atoms with van der Waals surface area (Å²) in [5, 5.41) is 6.96. The highest BCUT2D eigenvalue weighted by Gasteiger charge is 2.02. The second-order valence-corrected chi connectivity index (χ2v) is 5.70. The van der Waals surface area contributed by atoms with Crippen LogP contribution in [0.2, 0.25) is 0 Å². The minimum Gasteiger partial charge on any atom is -0.481 e. The molecule has 0 aliphatic heterocycles. The van der Waals surface area contributed by atoms with Crippen molar-refractivity contribution >= 4 is 22.7 Å². The van der Waals surface area contributed by atoms with Crippen LogP contribution in [0.25, 0.3) is 11.3 Å². The third-order valence-electron chi connectivity index (χ3n) is 3.13. The molecule has 0 amide bonds. The van der Waals surface area contributed by atoms with Crippen molar-refractivity contribution in [1.82, 2.24) is 4.98 Å². The molecule has 4 nitrogen and oxygen atoms in total. The number of thiazole rings is 1. The summed E-state index contributed by atoms with van der Waals surface area (Å²) in [7, 11) is 0. The van der Waals surface area contributed by atoms with Gasteiger partial charge in [-0.3, -0.25) is 5.43 Å². The lowest BCUT2D eigenvalue weighted by atomic mass is 10.2. The maximum atomic E-state index is 5.38. The molecule has 5 heteroatoms. The molecule has 0 fully saturated rings. The SMILES string of the molecule is C#CCOc1cccc(C=NNc2nc(-c3ccccc3)cs2)c1. The molecule has 118 valence electrons. The van der Waals surface area contributed by atoms with E-state index in [1.54, 1.807) is 6.21 Å². The van der Waals surface area contributed by atoms with Gasteiger partial charge in [0.25, 0.3) is 0 Å². The third-order valence-corrected chi connectivity index (χ3v) is 3.87. The first kappa shape index (κ1) is 15.8. The number of anilines is 1. The Morgan fingerprint density at radius 2 is 2.08 bits per heavy atom. The van der Waals surface area contributed by atoms with Gasteiger partial charge in [0.2, 0.25) is 5.13 Å². The summed E-state index contributed by atoms with van der Waals surface area (Å²) in [5.74, 6) is 3.16. The zero-order chi connectivity index (χ0) is 16.6. The van der Waals surface area contributed by atoms with E-state index in [1.807, 2.05) is 60.0 Å². The van der Waals surface area contributed by atoms with Crippen molar-refractivity contribution in [2.75, 3.05) is 12.0 Å². The number of benzene rings is 2. The summed E-state index contributed by atoms with van der Waals surface area (Å²) in [6, 6.07) is 17.6. The number of rotatable bonds is 6. The first-order valence-corrected chi connectivity index (χ1v) is 8.19. The number of hydrogen-bond donors (Lipinski definition) is 1. The van der Waals surface area contributed by atoms with Crippen molar-refractivity contribution in [1.29, 1.82) is 0 Å². The van der Waals surface area contributed by atoms with E-state index in [0.717, 1.165) is 27.7 Å². The predicted octanol–water partition coefficient (Wildman–Crippen LogP) is 4.27. The van der Waals surface area contributed by atoms with Crippen molar-refractivity contribution in [2.45, 2.75) is 0 Å². The average Bonchev–Trinajstić information content (AvgIpc) is 3.10. The molecule has 0 saturated carbocycles. The van der Waals surface area contributed by atoms with Gasteiger partial charge < -0.3 is 4.74 Å². The molecular formula is C19H15N3OS. The number of nitrogens with one attached hydrogen (secondary N) is 1. The minimum atomic E-state index is 0.250. The summed E-state index contributed by atoms with van der Waals surface area (Å²) in [4.78, 5) is 4.52. The summed E-state index contributed by atoms with van der Waals surface area (Å²) < 4.78 is 5.38. The van der Waals surface area contributed by atoms with Crippen LogP contribution in [0.3, 0.4) is 0 Å². The normalized spacial score (nSPS) is 10.5. The molecule has 3 rings (SSSR count). The Kier molecular flexibility index (Phi) is 5.23. The molecule has 0 atom stereocenters. The first-order chi connectivity index (χ1) is 11.8. The molecule has 3 aromatic rings. The molecule has 1 N–H and O–H groups in total. The van der Waals surface area contributed by atoms with Crippen LogP contribution >= 0.6 is 11.3 Å². The molecule has 0 saturated heterocycles. The van der Waals surface area contributed by atoms with E-state index in [-0.39, 0.29) is 6.61 Å². The van der Waals surface area contributed by atoms with Gasteiger partial charge in [-0.25, -0.2) is 4.98 Å². The lowest BCUT2D eigenvalue weighted by Gasteiger charge is -2.02. The fourth-order valence-corrected chi connectivity index (χ4v) is 2.71. The third kappa shape index (κ3) is 4.22. The molecule has 1 heterocycles. The fraction of sp³-hybridized carbons (Fsp3) is 0.0526. The Morgan fingerprint density at radius 3 is 2.92 bits per heavy atom. The van der Waals surface area contributed by atoms with Gasteiger partial charge in [-0.05, 0) is 17.7 Å². The highest BCUT2D eigenvalue weighted by atomic mass is 32.1. The van der Waals surface area contributed by atoms with Crippen molar-refractivity contribution in [3.63, 3.8) is 0 Å². The largest absolute Gasteiger partial charge is 0.481 e. The van der Waals surface area contributed by atoms with Crippen molar-refractivity contribution < 1.29 is 4.74 Å². The Morgan fingerprint density at radius 1 is 1.21 bits per heavy atom. The van der Waals surface area contributed by atoms with E-state index in [9.17, 15) is 0 Å². The van der Waals surface area contributed by atoms with E-state index in [0.29, 0.717) is 0 Å². The summed E-state index contributed by atoms with van der Waals surface area (Å²) >= 11 is 1.51. The summed E-state index contributed by atoms with van der Waals surface area (Å²) in [6.45, 7) is 0.250. The summed E-state index contributed by atoms with van der Waals surface area (Å²) in [5.41, 5.74) is 5.88. The van der Waals surface area contributed by atoms with Crippen LogP contribution in [0, 0.1) is 12.3 Å². The van der Waals surface area contributed by atoms with Gasteiger partial charge in [0.1, 0.15) is 12.4 Å². The van der Waals surface area contributed by atoms with Crippen LogP contribution in [0.4, 0.5) is 5.13 Å². The van der Waals surface area contributed by atoms with Gasteiger partial charge in [-0.2, -0.15) is 5.10 Å². The Labute approximate surface area is 144 Å². The number of hydrogen-bond acceptors (Lipinski definition) is 5. The van der Waals surface area contributed by atoms with Crippen LogP contribution in [0.5, 0.6) is 5.75 Å². The van der Waals surface area contributed by atoms with Crippen LogP contribution in [0.1, 0.15) is 5.56 Å². The molecule has 0 aliphatic carbocycles. The van der Waals surface area contributed by atoms with E-state index in [4.69, 9.17) is 11.2 Å². The second kappa shape index (κ2) is 7.95. The molecule has 0 spiro atoms. The predicted molar refractivity (Wildman–Crippen MR) is 99.5 cm³/mol. The molecule has 0 bridgehead atoms. The monoisotopic (exact) mass is 333 g/mol. The fourth-order valence-electron chi connectivity index (χ4n) is 2.04. The van der Waals surface area contributed by atoms with Crippen LogP contribution in [0.15, 0.2) is 65.1 Å².